The number of aromatic nitrogens is 2. The molecule has 0 aliphatic rings. The Morgan fingerprint density at radius 1 is 0.960 bits per heavy atom. The van der Waals surface area contributed by atoms with E-state index in [1.807, 2.05) is 25.1 Å². The SMILES string of the molecule is Cc1cccc(NC(=O)c2ccc(Nc3c(F)cccc3F)nn2)c1. The van der Waals surface area contributed by atoms with Gasteiger partial charge in [0.05, 0.1) is 0 Å². The summed E-state index contributed by atoms with van der Waals surface area (Å²) >= 11 is 0. The van der Waals surface area contributed by atoms with E-state index in [0.717, 1.165) is 17.7 Å². The number of halogens is 2. The fourth-order valence-corrected chi connectivity index (χ4v) is 2.18. The third-order valence-electron chi connectivity index (χ3n) is 3.39. The van der Waals surface area contributed by atoms with E-state index in [1.165, 1.54) is 18.2 Å². The van der Waals surface area contributed by atoms with Gasteiger partial charge in [0.15, 0.2) is 11.5 Å². The highest BCUT2D eigenvalue weighted by molar-refractivity contribution is 6.02. The van der Waals surface area contributed by atoms with Gasteiger partial charge in [0, 0.05) is 5.69 Å². The van der Waals surface area contributed by atoms with Crippen LogP contribution in [0, 0.1) is 18.6 Å². The van der Waals surface area contributed by atoms with Gasteiger partial charge in [-0.15, -0.1) is 10.2 Å². The van der Waals surface area contributed by atoms with Crippen LogP contribution in [0.4, 0.5) is 26.0 Å². The van der Waals surface area contributed by atoms with Crippen molar-refractivity contribution in [3.63, 3.8) is 0 Å². The molecular weight excluding hydrogens is 326 g/mol. The number of benzene rings is 2. The lowest BCUT2D eigenvalue weighted by atomic mass is 10.2. The van der Waals surface area contributed by atoms with E-state index in [0.29, 0.717) is 5.69 Å². The molecule has 3 rings (SSSR count). The summed E-state index contributed by atoms with van der Waals surface area (Å²) in [6, 6.07) is 13.7. The van der Waals surface area contributed by atoms with E-state index in [9.17, 15) is 13.6 Å². The van der Waals surface area contributed by atoms with Crippen molar-refractivity contribution in [2.24, 2.45) is 0 Å². The summed E-state index contributed by atoms with van der Waals surface area (Å²) in [5, 5.41) is 12.8. The van der Waals surface area contributed by atoms with Crippen LogP contribution in [0.25, 0.3) is 0 Å². The molecular formula is C18H14F2N4O. The fourth-order valence-electron chi connectivity index (χ4n) is 2.18. The predicted octanol–water partition coefficient (Wildman–Crippen LogP) is 4.06. The number of nitrogens with one attached hydrogen (secondary N) is 2. The molecule has 2 aromatic carbocycles. The monoisotopic (exact) mass is 340 g/mol. The van der Waals surface area contributed by atoms with Gasteiger partial charge in [-0.1, -0.05) is 18.2 Å². The highest BCUT2D eigenvalue weighted by Crippen LogP contribution is 2.21. The van der Waals surface area contributed by atoms with Gasteiger partial charge in [-0.25, -0.2) is 8.78 Å². The lowest BCUT2D eigenvalue weighted by Crippen LogP contribution is -2.14. The van der Waals surface area contributed by atoms with Gasteiger partial charge < -0.3 is 10.6 Å². The van der Waals surface area contributed by atoms with E-state index in [-0.39, 0.29) is 17.2 Å². The van der Waals surface area contributed by atoms with Crippen molar-refractivity contribution in [2.45, 2.75) is 6.92 Å². The summed E-state index contributed by atoms with van der Waals surface area (Å²) in [5.74, 6) is -1.80. The van der Waals surface area contributed by atoms with Gasteiger partial charge in [-0.05, 0) is 48.9 Å². The number of rotatable bonds is 4. The highest BCUT2D eigenvalue weighted by Gasteiger charge is 2.12. The maximum Gasteiger partial charge on any atom is 0.276 e. The van der Waals surface area contributed by atoms with Gasteiger partial charge in [0.25, 0.3) is 5.91 Å². The zero-order valence-corrected chi connectivity index (χ0v) is 13.3. The third-order valence-corrected chi connectivity index (χ3v) is 3.39. The molecule has 126 valence electrons. The van der Waals surface area contributed by atoms with Crippen LogP contribution in [0.15, 0.2) is 54.6 Å². The number of aryl methyl sites for hydroxylation is 1. The Bertz CT molecular complexity index is 893. The van der Waals surface area contributed by atoms with Crippen LogP contribution in [0.5, 0.6) is 0 Å². The van der Waals surface area contributed by atoms with Gasteiger partial charge >= 0.3 is 0 Å². The van der Waals surface area contributed by atoms with Crippen molar-refractivity contribution in [3.8, 4) is 0 Å². The topological polar surface area (TPSA) is 66.9 Å². The molecule has 5 nitrogen and oxygen atoms in total. The zero-order chi connectivity index (χ0) is 17.8. The average Bonchev–Trinajstić information content (AvgIpc) is 2.59. The quantitative estimate of drug-likeness (QED) is 0.752. The minimum atomic E-state index is -0.747. The summed E-state index contributed by atoms with van der Waals surface area (Å²) < 4.78 is 27.2. The molecule has 0 fully saturated rings. The van der Waals surface area contributed by atoms with Crippen molar-refractivity contribution in [3.05, 3.63) is 77.5 Å². The number of anilines is 3. The van der Waals surface area contributed by atoms with Gasteiger partial charge in [0.2, 0.25) is 0 Å². The van der Waals surface area contributed by atoms with Crippen LogP contribution in [0.3, 0.4) is 0 Å². The number of para-hydroxylation sites is 1. The lowest BCUT2D eigenvalue weighted by Gasteiger charge is -2.08. The second-order valence-corrected chi connectivity index (χ2v) is 5.35. The minimum Gasteiger partial charge on any atom is -0.334 e. The molecule has 0 aliphatic carbocycles. The van der Waals surface area contributed by atoms with Crippen LogP contribution < -0.4 is 10.6 Å². The van der Waals surface area contributed by atoms with Gasteiger partial charge in [0.1, 0.15) is 17.3 Å². The Balaban J connectivity index is 1.72. The van der Waals surface area contributed by atoms with Crippen molar-refractivity contribution >= 4 is 23.1 Å². The second-order valence-electron chi connectivity index (χ2n) is 5.35. The molecule has 0 aliphatic heterocycles. The molecule has 0 atom stereocenters. The van der Waals surface area contributed by atoms with E-state index in [2.05, 4.69) is 20.8 Å². The van der Waals surface area contributed by atoms with Crippen LogP contribution in [-0.2, 0) is 0 Å². The lowest BCUT2D eigenvalue weighted by molar-refractivity contribution is 0.102. The molecule has 0 unspecified atom stereocenters. The average molecular weight is 340 g/mol. The minimum absolute atomic E-state index is 0.0843. The summed E-state index contributed by atoms with van der Waals surface area (Å²) in [5.41, 5.74) is 1.41. The molecule has 0 bridgehead atoms. The number of carbonyl (C=O) groups excluding carboxylic acids is 1. The van der Waals surface area contributed by atoms with E-state index in [4.69, 9.17) is 0 Å². The molecule has 25 heavy (non-hydrogen) atoms. The largest absolute Gasteiger partial charge is 0.334 e. The summed E-state index contributed by atoms with van der Waals surface area (Å²) in [6.07, 6.45) is 0. The predicted molar refractivity (Wildman–Crippen MR) is 90.8 cm³/mol. The molecule has 1 amide bonds. The van der Waals surface area contributed by atoms with Crippen molar-refractivity contribution in [1.82, 2.24) is 10.2 Å². The van der Waals surface area contributed by atoms with Crippen LogP contribution in [0.1, 0.15) is 16.1 Å². The smallest absolute Gasteiger partial charge is 0.276 e. The first-order valence-electron chi connectivity index (χ1n) is 7.46. The normalized spacial score (nSPS) is 10.4. The Morgan fingerprint density at radius 3 is 2.32 bits per heavy atom. The number of nitrogens with zero attached hydrogens (tertiary/aromatic N) is 2. The first-order chi connectivity index (χ1) is 12.0. The zero-order valence-electron chi connectivity index (χ0n) is 13.3. The third kappa shape index (κ3) is 3.95. The Hall–Kier alpha value is -3.35. The fraction of sp³-hybridized carbons (Fsp3) is 0.0556. The van der Waals surface area contributed by atoms with Crippen molar-refractivity contribution in [2.75, 3.05) is 10.6 Å². The Labute approximate surface area is 142 Å². The molecule has 1 heterocycles. The number of hydrogen-bond acceptors (Lipinski definition) is 4. The maximum atomic E-state index is 13.6. The molecule has 1 aromatic heterocycles. The first-order valence-corrected chi connectivity index (χ1v) is 7.46. The first kappa shape index (κ1) is 16.5. The molecule has 7 heteroatoms. The molecule has 2 N–H and O–H groups in total. The maximum absolute atomic E-state index is 13.6. The second kappa shape index (κ2) is 7.04. The van der Waals surface area contributed by atoms with Crippen LogP contribution >= 0.6 is 0 Å². The van der Waals surface area contributed by atoms with Gasteiger partial charge in [-0.2, -0.15) is 0 Å². The van der Waals surface area contributed by atoms with E-state index < -0.39 is 17.5 Å². The summed E-state index contributed by atoms with van der Waals surface area (Å²) in [6.45, 7) is 1.91. The Morgan fingerprint density at radius 2 is 1.68 bits per heavy atom. The Kier molecular flexibility index (Phi) is 4.65. The van der Waals surface area contributed by atoms with Crippen molar-refractivity contribution < 1.29 is 13.6 Å². The molecule has 0 radical (unpaired) electrons. The number of hydrogen-bond donors (Lipinski definition) is 2. The van der Waals surface area contributed by atoms with E-state index in [1.54, 1.807) is 6.07 Å². The van der Waals surface area contributed by atoms with Crippen LogP contribution in [0.2, 0.25) is 0 Å². The summed E-state index contributed by atoms with van der Waals surface area (Å²) in [7, 11) is 0. The van der Waals surface area contributed by atoms with Crippen molar-refractivity contribution in [1.29, 1.82) is 0 Å². The standard InChI is InChI=1S/C18H14F2N4O/c1-11-4-2-5-12(10-11)21-18(25)15-8-9-16(24-23-15)22-17-13(19)6-3-7-14(17)20/h2-10H,1H3,(H,21,25)(H,22,24). The summed E-state index contributed by atoms with van der Waals surface area (Å²) in [4.78, 5) is 12.1. The molecule has 3 aromatic rings. The number of amides is 1. The molecule has 0 saturated carbocycles. The van der Waals surface area contributed by atoms with Gasteiger partial charge in [-0.3, -0.25) is 4.79 Å². The number of carbonyl (C=O) groups is 1. The highest BCUT2D eigenvalue weighted by atomic mass is 19.1. The molecule has 0 saturated heterocycles. The van der Waals surface area contributed by atoms with E-state index >= 15 is 0 Å². The molecule has 0 spiro atoms. The van der Waals surface area contributed by atoms with Crippen LogP contribution in [-0.4, -0.2) is 16.1 Å².